The van der Waals surface area contributed by atoms with E-state index in [4.69, 9.17) is 0 Å². The zero-order chi connectivity index (χ0) is 21.1. The van der Waals surface area contributed by atoms with Crippen molar-refractivity contribution in [2.75, 3.05) is 0 Å². The second kappa shape index (κ2) is 8.37. The summed E-state index contributed by atoms with van der Waals surface area (Å²) in [4.78, 5) is 20.8. The van der Waals surface area contributed by atoms with Crippen LogP contribution in [0, 0.1) is 11.6 Å². The number of amides is 1. The summed E-state index contributed by atoms with van der Waals surface area (Å²) in [6, 6.07) is 14.4. The number of fused-ring (bicyclic) bond motifs is 1. The summed E-state index contributed by atoms with van der Waals surface area (Å²) in [6.07, 6.45) is 5.38. The lowest BCUT2D eigenvalue weighted by molar-refractivity contribution is -0.119. The predicted molar refractivity (Wildman–Crippen MR) is 112 cm³/mol. The second-order valence-electron chi connectivity index (χ2n) is 7.08. The topological polar surface area (TPSA) is 54.9 Å². The van der Waals surface area contributed by atoms with Gasteiger partial charge in [0.05, 0.1) is 11.7 Å². The van der Waals surface area contributed by atoms with Crippen LogP contribution in [0.25, 0.3) is 21.9 Å². The number of benzene rings is 2. The molecule has 0 aliphatic heterocycles. The highest BCUT2D eigenvalue weighted by Crippen LogP contribution is 2.33. The van der Waals surface area contributed by atoms with E-state index in [9.17, 15) is 13.6 Å². The first-order valence-electron chi connectivity index (χ1n) is 9.51. The van der Waals surface area contributed by atoms with Gasteiger partial charge in [0.25, 0.3) is 0 Å². The average Bonchev–Trinajstić information content (AvgIpc) is 2.72. The minimum absolute atomic E-state index is 0.191. The number of hydrogen-bond donors (Lipinski definition) is 1. The predicted octanol–water partition coefficient (Wildman–Crippen LogP) is 4.99. The van der Waals surface area contributed by atoms with Gasteiger partial charge in [-0.25, -0.2) is 8.78 Å². The van der Waals surface area contributed by atoms with Gasteiger partial charge in [0.15, 0.2) is 0 Å². The Morgan fingerprint density at radius 1 is 1.00 bits per heavy atom. The molecule has 0 unspecified atom stereocenters. The van der Waals surface area contributed by atoms with Gasteiger partial charge >= 0.3 is 0 Å². The average molecular weight is 403 g/mol. The SMILES string of the molecule is CC(=O)N[C@@H](Cc1cc(F)cc(F)c1)c1ncccc1-c1cncc2ccccc12. The Kier molecular flexibility index (Phi) is 5.48. The Labute approximate surface area is 172 Å². The lowest BCUT2D eigenvalue weighted by atomic mass is 9.94. The van der Waals surface area contributed by atoms with Crippen LogP contribution in [0.3, 0.4) is 0 Å². The molecule has 0 saturated heterocycles. The van der Waals surface area contributed by atoms with E-state index >= 15 is 0 Å². The highest BCUT2D eigenvalue weighted by Gasteiger charge is 2.21. The number of carbonyl (C=O) groups excluding carboxylic acids is 1. The van der Waals surface area contributed by atoms with Gasteiger partial charge in [0.1, 0.15) is 11.6 Å². The van der Waals surface area contributed by atoms with Crippen LogP contribution in [-0.2, 0) is 11.2 Å². The molecule has 0 aliphatic rings. The minimum atomic E-state index is -0.661. The fourth-order valence-electron chi connectivity index (χ4n) is 3.68. The zero-order valence-electron chi connectivity index (χ0n) is 16.3. The normalized spacial score (nSPS) is 12.0. The van der Waals surface area contributed by atoms with Crippen molar-refractivity contribution in [2.45, 2.75) is 19.4 Å². The molecule has 0 spiro atoms. The largest absolute Gasteiger partial charge is 0.348 e. The fraction of sp³-hybridized carbons (Fsp3) is 0.125. The Bertz CT molecular complexity index is 1200. The zero-order valence-corrected chi connectivity index (χ0v) is 16.3. The molecule has 0 saturated carbocycles. The summed E-state index contributed by atoms with van der Waals surface area (Å²) in [6.45, 7) is 1.40. The summed E-state index contributed by atoms with van der Waals surface area (Å²) < 4.78 is 27.4. The number of rotatable bonds is 5. The summed E-state index contributed by atoms with van der Waals surface area (Å²) in [5.74, 6) is -1.58. The van der Waals surface area contributed by atoms with Crippen molar-refractivity contribution in [3.8, 4) is 11.1 Å². The number of nitrogens with zero attached hydrogens (tertiary/aromatic N) is 2. The quantitative estimate of drug-likeness (QED) is 0.511. The van der Waals surface area contributed by atoms with Crippen LogP contribution in [0.4, 0.5) is 8.78 Å². The van der Waals surface area contributed by atoms with E-state index in [1.54, 1.807) is 18.6 Å². The van der Waals surface area contributed by atoms with Crippen molar-refractivity contribution < 1.29 is 13.6 Å². The molecule has 6 heteroatoms. The van der Waals surface area contributed by atoms with Gasteiger partial charge < -0.3 is 5.32 Å². The number of pyridine rings is 2. The fourth-order valence-corrected chi connectivity index (χ4v) is 3.68. The number of nitrogens with one attached hydrogen (secondary N) is 1. The van der Waals surface area contributed by atoms with Crippen LogP contribution < -0.4 is 5.32 Å². The molecule has 2 aromatic carbocycles. The Hall–Kier alpha value is -3.67. The highest BCUT2D eigenvalue weighted by molar-refractivity contribution is 5.96. The van der Waals surface area contributed by atoms with Gasteiger partial charge in [0.2, 0.25) is 5.91 Å². The molecule has 0 aliphatic carbocycles. The Morgan fingerprint density at radius 2 is 1.77 bits per heavy atom. The van der Waals surface area contributed by atoms with Gasteiger partial charge in [0, 0.05) is 48.1 Å². The lowest BCUT2D eigenvalue weighted by Gasteiger charge is -2.21. The van der Waals surface area contributed by atoms with Crippen LogP contribution in [0.1, 0.15) is 24.2 Å². The smallest absolute Gasteiger partial charge is 0.217 e. The molecule has 1 amide bonds. The van der Waals surface area contributed by atoms with Gasteiger partial charge in [-0.05, 0) is 35.6 Å². The Morgan fingerprint density at radius 3 is 2.53 bits per heavy atom. The van der Waals surface area contributed by atoms with Crippen molar-refractivity contribution in [3.63, 3.8) is 0 Å². The molecule has 4 nitrogen and oxygen atoms in total. The molecule has 4 aromatic rings. The maximum Gasteiger partial charge on any atom is 0.217 e. The van der Waals surface area contributed by atoms with Crippen LogP contribution in [-0.4, -0.2) is 15.9 Å². The standard InChI is InChI=1S/C24H19F2N3O/c1-15(30)29-23(11-16-9-18(25)12-19(26)10-16)24-21(7-4-8-28-24)22-14-27-13-17-5-2-3-6-20(17)22/h2-10,12-14,23H,11H2,1H3,(H,29,30)/t23-/m0/s1. The molecular weight excluding hydrogens is 384 g/mol. The molecule has 2 heterocycles. The van der Waals surface area contributed by atoms with Crippen LogP contribution in [0.2, 0.25) is 0 Å². The van der Waals surface area contributed by atoms with E-state index in [0.29, 0.717) is 11.3 Å². The van der Waals surface area contributed by atoms with E-state index in [1.807, 2.05) is 36.4 Å². The molecule has 0 radical (unpaired) electrons. The summed E-state index contributed by atoms with van der Waals surface area (Å²) in [5, 5.41) is 4.85. The van der Waals surface area contributed by atoms with Crippen molar-refractivity contribution in [3.05, 3.63) is 96.1 Å². The molecule has 1 N–H and O–H groups in total. The van der Waals surface area contributed by atoms with E-state index in [1.165, 1.54) is 19.1 Å². The number of aromatic nitrogens is 2. The van der Waals surface area contributed by atoms with Crippen molar-refractivity contribution in [1.29, 1.82) is 0 Å². The summed E-state index contributed by atoms with van der Waals surface area (Å²) in [5.41, 5.74) is 2.71. The maximum absolute atomic E-state index is 13.7. The van der Waals surface area contributed by atoms with E-state index in [2.05, 4.69) is 15.3 Å². The molecule has 150 valence electrons. The first-order chi connectivity index (χ1) is 14.5. The van der Waals surface area contributed by atoms with Crippen molar-refractivity contribution in [2.24, 2.45) is 0 Å². The lowest BCUT2D eigenvalue weighted by Crippen LogP contribution is -2.29. The molecule has 0 fully saturated rings. The van der Waals surface area contributed by atoms with Crippen molar-refractivity contribution >= 4 is 16.7 Å². The Balaban J connectivity index is 1.83. The molecule has 4 rings (SSSR count). The van der Waals surface area contributed by atoms with E-state index in [-0.39, 0.29) is 12.3 Å². The number of hydrogen-bond acceptors (Lipinski definition) is 3. The van der Waals surface area contributed by atoms with E-state index in [0.717, 1.165) is 28.0 Å². The van der Waals surface area contributed by atoms with Crippen molar-refractivity contribution in [1.82, 2.24) is 15.3 Å². The third-order valence-corrected chi connectivity index (χ3v) is 4.87. The van der Waals surface area contributed by atoms with Crippen LogP contribution in [0.5, 0.6) is 0 Å². The monoisotopic (exact) mass is 403 g/mol. The van der Waals surface area contributed by atoms with E-state index < -0.39 is 17.7 Å². The first-order valence-corrected chi connectivity index (χ1v) is 9.51. The molecule has 0 bridgehead atoms. The molecule has 2 aromatic heterocycles. The minimum Gasteiger partial charge on any atom is -0.348 e. The van der Waals surface area contributed by atoms with Crippen LogP contribution in [0.15, 0.2) is 73.2 Å². The summed E-state index contributed by atoms with van der Waals surface area (Å²) in [7, 11) is 0. The maximum atomic E-state index is 13.7. The second-order valence-corrected chi connectivity index (χ2v) is 7.08. The first kappa shape index (κ1) is 19.6. The van der Waals surface area contributed by atoms with Gasteiger partial charge in [-0.2, -0.15) is 0 Å². The third-order valence-electron chi connectivity index (χ3n) is 4.87. The number of halogens is 2. The highest BCUT2D eigenvalue weighted by atomic mass is 19.1. The van der Waals surface area contributed by atoms with Gasteiger partial charge in [-0.1, -0.05) is 30.3 Å². The molecular formula is C24H19F2N3O. The molecule has 1 atom stereocenters. The number of carbonyl (C=O) groups is 1. The van der Waals surface area contributed by atoms with Gasteiger partial charge in [-0.15, -0.1) is 0 Å². The van der Waals surface area contributed by atoms with Gasteiger partial charge in [-0.3, -0.25) is 14.8 Å². The van der Waals surface area contributed by atoms with Crippen LogP contribution >= 0.6 is 0 Å². The molecule has 30 heavy (non-hydrogen) atoms. The summed E-state index contributed by atoms with van der Waals surface area (Å²) >= 11 is 0. The third kappa shape index (κ3) is 4.17.